The molecule has 0 aromatic heterocycles. The molecule has 0 unspecified atom stereocenters. The molecule has 3 N–H and O–H groups in total. The lowest BCUT2D eigenvalue weighted by atomic mass is 9.85. The number of ether oxygens (including phenoxy) is 2. The van der Waals surface area contributed by atoms with Crippen LogP contribution in [-0.4, -0.2) is 37.3 Å². The Morgan fingerprint density at radius 3 is 3.07 bits per heavy atom. The molecule has 0 bridgehead atoms. The fraction of sp³-hybridized carbons (Fsp3) is 0.300. The maximum Gasteiger partial charge on any atom is 0.284 e. The van der Waals surface area contributed by atoms with Crippen LogP contribution in [0.3, 0.4) is 0 Å². The van der Waals surface area contributed by atoms with E-state index in [0.29, 0.717) is 6.42 Å². The Bertz CT molecular complexity index is 1010. The molecule has 0 saturated heterocycles. The summed E-state index contributed by atoms with van der Waals surface area (Å²) in [4.78, 5) is 23.9. The van der Waals surface area contributed by atoms with Crippen molar-refractivity contribution in [3.8, 4) is 12.3 Å². The normalized spacial score (nSPS) is 25.2. The maximum atomic E-state index is 14.7. The molecule has 0 radical (unpaired) electrons. The van der Waals surface area contributed by atoms with Gasteiger partial charge in [0.25, 0.3) is 11.9 Å². The maximum absolute atomic E-state index is 14.7. The molecule has 2 aliphatic rings. The highest BCUT2D eigenvalue weighted by atomic mass is 19.1. The molecule has 156 valence electrons. The number of carbonyl (C=O) groups is 1. The zero-order chi connectivity index (χ0) is 21.9. The van der Waals surface area contributed by atoms with E-state index in [1.165, 1.54) is 25.1 Å². The van der Waals surface area contributed by atoms with Crippen molar-refractivity contribution in [1.82, 2.24) is 0 Å². The summed E-state index contributed by atoms with van der Waals surface area (Å²) in [6.07, 6.45) is 7.17. The Morgan fingerprint density at radius 2 is 2.40 bits per heavy atom. The van der Waals surface area contributed by atoms with Gasteiger partial charge < -0.3 is 20.5 Å². The third kappa shape index (κ3) is 4.00. The van der Waals surface area contributed by atoms with Crippen LogP contribution in [0.15, 0.2) is 45.3 Å². The molecule has 1 saturated carbocycles. The number of fused-ring (bicyclic) bond motifs is 1. The van der Waals surface area contributed by atoms with Crippen LogP contribution in [0.4, 0.5) is 14.5 Å². The summed E-state index contributed by atoms with van der Waals surface area (Å²) < 4.78 is 36.7. The molecular weight excluding hydrogens is 396 g/mol. The summed E-state index contributed by atoms with van der Waals surface area (Å²) in [5.41, 5.74) is 4.82. The average Bonchev–Trinajstić information content (AvgIpc) is 3.51. The number of aliphatic imine (C=N–C) groups is 3. The molecule has 10 heteroatoms. The van der Waals surface area contributed by atoms with Gasteiger partial charge in [-0.2, -0.15) is 0 Å². The quantitative estimate of drug-likeness (QED) is 0.404. The second-order valence-corrected chi connectivity index (χ2v) is 6.60. The van der Waals surface area contributed by atoms with E-state index in [-0.39, 0.29) is 40.9 Å². The number of nitrogens with one attached hydrogen (secondary N) is 1. The fourth-order valence-corrected chi connectivity index (χ4v) is 3.16. The van der Waals surface area contributed by atoms with E-state index in [9.17, 15) is 13.6 Å². The number of hydrogen-bond donors (Lipinski definition) is 2. The van der Waals surface area contributed by atoms with Gasteiger partial charge in [-0.25, -0.2) is 18.8 Å². The van der Waals surface area contributed by atoms with Gasteiger partial charge in [0.1, 0.15) is 17.6 Å². The number of nitrogens with two attached hydrogens (primary N) is 1. The molecule has 3 rings (SSSR count). The fourth-order valence-electron chi connectivity index (χ4n) is 3.16. The number of alkyl halides is 1. The molecule has 1 heterocycles. The van der Waals surface area contributed by atoms with Crippen molar-refractivity contribution in [1.29, 1.82) is 0 Å². The number of anilines is 1. The molecule has 30 heavy (non-hydrogen) atoms. The lowest BCUT2D eigenvalue weighted by molar-refractivity contribution is -0.110. The summed E-state index contributed by atoms with van der Waals surface area (Å²) in [6, 6.07) is 3.88. The number of benzene rings is 1. The first-order valence-electron chi connectivity index (χ1n) is 8.85. The number of halogens is 2. The first-order valence-corrected chi connectivity index (χ1v) is 8.85. The van der Waals surface area contributed by atoms with Gasteiger partial charge in [-0.3, -0.25) is 9.79 Å². The summed E-state index contributed by atoms with van der Waals surface area (Å²) in [7, 11) is 0. The molecule has 1 aliphatic heterocycles. The number of rotatable bonds is 7. The molecule has 1 aromatic rings. The number of terminal acetylenes is 1. The highest BCUT2D eigenvalue weighted by Crippen LogP contribution is 2.53. The third-order valence-corrected chi connectivity index (χ3v) is 4.74. The van der Waals surface area contributed by atoms with E-state index in [4.69, 9.17) is 16.9 Å². The first kappa shape index (κ1) is 21.0. The molecule has 0 spiro atoms. The van der Waals surface area contributed by atoms with Gasteiger partial charge in [0.05, 0.1) is 6.20 Å². The lowest BCUT2D eigenvalue weighted by Crippen LogP contribution is -2.37. The Hall–Kier alpha value is -3.74. The highest BCUT2D eigenvalue weighted by Gasteiger charge is 2.59. The summed E-state index contributed by atoms with van der Waals surface area (Å²) in [5.74, 6) is 1.01. The van der Waals surface area contributed by atoms with E-state index < -0.39 is 24.1 Å². The number of amides is 1. The van der Waals surface area contributed by atoms with Crippen LogP contribution >= 0.6 is 0 Å². The molecule has 8 nitrogen and oxygen atoms in total. The molecule has 1 amide bonds. The standard InChI is InChI=1S/C20H19F2N5O3/c1-4-20(14-8-16(14)30-19(23)27-20)13-7-12(5-6-15(13)22)26-18(28)11(2)25-9-17(24-3)29-10-21/h1,5-7,9,14,16H,3,8,10H2,2H3,(H2,23,27)(H,26,28)/b17-9+,25-11?/t14-,16+,20+/m0/s1. The Kier molecular flexibility index (Phi) is 5.82. The van der Waals surface area contributed by atoms with Crippen molar-refractivity contribution in [2.24, 2.45) is 26.6 Å². The van der Waals surface area contributed by atoms with Crippen LogP contribution in [0, 0.1) is 24.1 Å². The van der Waals surface area contributed by atoms with Crippen LogP contribution in [-0.2, 0) is 19.8 Å². The van der Waals surface area contributed by atoms with Crippen molar-refractivity contribution in [2.45, 2.75) is 25.0 Å². The molecular formula is C20H19F2N5O3. The van der Waals surface area contributed by atoms with E-state index in [0.717, 1.165) is 6.20 Å². The van der Waals surface area contributed by atoms with Gasteiger partial charge >= 0.3 is 0 Å². The van der Waals surface area contributed by atoms with Crippen LogP contribution in [0.1, 0.15) is 18.9 Å². The Morgan fingerprint density at radius 1 is 1.63 bits per heavy atom. The topological polar surface area (TPSA) is 111 Å². The zero-order valence-corrected chi connectivity index (χ0v) is 16.1. The van der Waals surface area contributed by atoms with Gasteiger partial charge in [0, 0.05) is 17.2 Å². The highest BCUT2D eigenvalue weighted by molar-refractivity contribution is 6.42. The van der Waals surface area contributed by atoms with Crippen LogP contribution in [0.25, 0.3) is 0 Å². The van der Waals surface area contributed by atoms with Gasteiger partial charge in [-0.1, -0.05) is 5.92 Å². The summed E-state index contributed by atoms with van der Waals surface area (Å²) in [6.45, 7) is 3.52. The van der Waals surface area contributed by atoms with Crippen molar-refractivity contribution in [2.75, 3.05) is 12.2 Å². The second kappa shape index (κ2) is 8.32. The van der Waals surface area contributed by atoms with E-state index >= 15 is 0 Å². The Balaban J connectivity index is 1.86. The number of hydrogen-bond acceptors (Lipinski definition) is 7. The SMILES string of the molecule is C#C[C@]1(c2cc(NC(=O)C(C)=N/C=C(\N=C)OCF)ccc2F)N=C(N)O[C@@H]2C[C@@H]21. The minimum absolute atomic E-state index is 0.0201. The number of carbonyl (C=O) groups excluding carboxylic acids is 1. The molecule has 1 aliphatic carbocycles. The summed E-state index contributed by atoms with van der Waals surface area (Å²) in [5, 5.41) is 2.60. The minimum Gasteiger partial charge on any atom is -0.462 e. The monoisotopic (exact) mass is 415 g/mol. The van der Waals surface area contributed by atoms with Crippen LogP contribution in [0.2, 0.25) is 0 Å². The van der Waals surface area contributed by atoms with Crippen molar-refractivity contribution in [3.05, 3.63) is 41.7 Å². The van der Waals surface area contributed by atoms with Crippen LogP contribution < -0.4 is 11.1 Å². The molecule has 1 fully saturated rings. The first-order chi connectivity index (χ1) is 14.3. The number of nitrogens with zero attached hydrogens (tertiary/aromatic N) is 3. The predicted octanol–water partition coefficient (Wildman–Crippen LogP) is 2.23. The van der Waals surface area contributed by atoms with Crippen molar-refractivity contribution < 1.29 is 23.0 Å². The van der Waals surface area contributed by atoms with E-state index in [1.54, 1.807) is 0 Å². The Labute approximate surface area is 171 Å². The van der Waals surface area contributed by atoms with Gasteiger partial charge in [-0.05, 0) is 38.3 Å². The van der Waals surface area contributed by atoms with Gasteiger partial charge in [0.15, 0.2) is 5.54 Å². The second-order valence-electron chi connectivity index (χ2n) is 6.60. The van der Waals surface area contributed by atoms with Crippen molar-refractivity contribution >= 4 is 30.0 Å². The minimum atomic E-state index is -1.31. The lowest BCUT2D eigenvalue weighted by Gasteiger charge is -2.29. The molecule has 3 atom stereocenters. The third-order valence-electron chi connectivity index (χ3n) is 4.74. The zero-order valence-electron chi connectivity index (χ0n) is 16.1. The van der Waals surface area contributed by atoms with Crippen molar-refractivity contribution in [3.63, 3.8) is 0 Å². The predicted molar refractivity (Wildman–Crippen MR) is 108 cm³/mol. The van der Waals surface area contributed by atoms with Gasteiger partial charge in [-0.15, -0.1) is 6.42 Å². The van der Waals surface area contributed by atoms with E-state index in [1.807, 2.05) is 0 Å². The number of amidine groups is 1. The smallest absolute Gasteiger partial charge is 0.284 e. The molecule has 1 aromatic carbocycles. The largest absolute Gasteiger partial charge is 0.462 e. The average molecular weight is 415 g/mol. The van der Waals surface area contributed by atoms with Gasteiger partial charge in [0.2, 0.25) is 12.7 Å². The van der Waals surface area contributed by atoms with Crippen LogP contribution in [0.5, 0.6) is 0 Å². The van der Waals surface area contributed by atoms with E-state index in [2.05, 4.69) is 37.7 Å². The summed E-state index contributed by atoms with van der Waals surface area (Å²) >= 11 is 0.